The lowest BCUT2D eigenvalue weighted by atomic mass is 10.1. The van der Waals surface area contributed by atoms with Crippen LogP contribution in [0.25, 0.3) is 0 Å². The maximum atomic E-state index is 11.9. The Morgan fingerprint density at radius 2 is 1.84 bits per heavy atom. The predicted octanol–water partition coefficient (Wildman–Crippen LogP) is 1.73. The maximum absolute atomic E-state index is 11.9. The van der Waals surface area contributed by atoms with E-state index in [0.29, 0.717) is 5.56 Å². The molecule has 130 valence electrons. The monoisotopic (exact) mass is 341 g/mol. The fourth-order valence-electron chi connectivity index (χ4n) is 2.11. The molecule has 2 aromatic carbocycles. The average molecular weight is 341 g/mol. The second kappa shape index (κ2) is 8.49. The lowest BCUT2D eigenvalue weighted by Crippen LogP contribution is -2.39. The molecule has 0 unspecified atom stereocenters. The standard InChI is InChI=1S/C18H19N3O4/c1-12(13-7-4-3-5-8-13)20-17(23)18(24)21-19-11-14-9-6-10-15(25-2)16(14)22/h3-12,22H,1-2H3,(H,20,23)(H,21,24)/t12-/m1/s1. The minimum absolute atomic E-state index is 0.106. The van der Waals surface area contributed by atoms with E-state index in [1.807, 2.05) is 30.3 Å². The van der Waals surface area contributed by atoms with Crippen LogP contribution in [0.15, 0.2) is 53.6 Å². The first-order valence-electron chi connectivity index (χ1n) is 7.57. The molecule has 0 fully saturated rings. The summed E-state index contributed by atoms with van der Waals surface area (Å²) in [6.07, 6.45) is 1.23. The summed E-state index contributed by atoms with van der Waals surface area (Å²) in [6, 6.07) is 13.8. The quantitative estimate of drug-likeness (QED) is 0.438. The van der Waals surface area contributed by atoms with Gasteiger partial charge in [-0.15, -0.1) is 0 Å². The number of nitrogens with one attached hydrogen (secondary N) is 2. The summed E-state index contributed by atoms with van der Waals surface area (Å²) in [6.45, 7) is 1.78. The first kappa shape index (κ1) is 18.0. The van der Waals surface area contributed by atoms with Gasteiger partial charge >= 0.3 is 11.8 Å². The molecule has 0 aliphatic carbocycles. The molecule has 0 aromatic heterocycles. The molecule has 0 spiro atoms. The van der Waals surface area contributed by atoms with Crippen LogP contribution >= 0.6 is 0 Å². The van der Waals surface area contributed by atoms with E-state index in [4.69, 9.17) is 4.74 Å². The summed E-state index contributed by atoms with van der Waals surface area (Å²) in [7, 11) is 1.43. The van der Waals surface area contributed by atoms with Crippen molar-refractivity contribution in [3.05, 3.63) is 59.7 Å². The van der Waals surface area contributed by atoms with Crippen LogP contribution in [0.4, 0.5) is 0 Å². The number of para-hydroxylation sites is 1. The molecule has 1 atom stereocenters. The smallest absolute Gasteiger partial charge is 0.329 e. The molecule has 7 heteroatoms. The number of aromatic hydroxyl groups is 1. The van der Waals surface area contributed by atoms with Gasteiger partial charge < -0.3 is 15.2 Å². The highest BCUT2D eigenvalue weighted by Gasteiger charge is 2.16. The van der Waals surface area contributed by atoms with E-state index < -0.39 is 11.8 Å². The number of phenolic OH excluding ortho intramolecular Hbond substituents is 1. The van der Waals surface area contributed by atoms with Gasteiger partial charge in [-0.3, -0.25) is 9.59 Å². The molecule has 0 saturated carbocycles. The van der Waals surface area contributed by atoms with Gasteiger partial charge in [-0.05, 0) is 24.6 Å². The number of hydrazone groups is 1. The zero-order valence-corrected chi connectivity index (χ0v) is 13.9. The number of carbonyl (C=O) groups is 2. The van der Waals surface area contributed by atoms with Crippen molar-refractivity contribution >= 4 is 18.0 Å². The Balaban J connectivity index is 1.92. The number of phenols is 1. The number of hydrogen-bond acceptors (Lipinski definition) is 5. The van der Waals surface area contributed by atoms with E-state index in [1.54, 1.807) is 25.1 Å². The number of nitrogens with zero attached hydrogens (tertiary/aromatic N) is 1. The lowest BCUT2D eigenvalue weighted by molar-refractivity contribution is -0.139. The Labute approximate surface area is 145 Å². The Hall–Kier alpha value is -3.35. The molecule has 0 radical (unpaired) electrons. The number of hydrogen-bond donors (Lipinski definition) is 3. The molecule has 2 rings (SSSR count). The summed E-state index contributed by atoms with van der Waals surface area (Å²) < 4.78 is 4.97. The van der Waals surface area contributed by atoms with E-state index in [0.717, 1.165) is 5.56 Å². The fraction of sp³-hybridized carbons (Fsp3) is 0.167. The third-order valence-corrected chi connectivity index (χ3v) is 3.47. The molecule has 0 saturated heterocycles. The predicted molar refractivity (Wildman–Crippen MR) is 93.4 cm³/mol. The van der Waals surface area contributed by atoms with Gasteiger partial charge in [0.2, 0.25) is 0 Å². The molecule has 0 heterocycles. The van der Waals surface area contributed by atoms with Gasteiger partial charge in [-0.25, -0.2) is 5.43 Å². The minimum Gasteiger partial charge on any atom is -0.504 e. The van der Waals surface area contributed by atoms with Crippen molar-refractivity contribution in [3.63, 3.8) is 0 Å². The third-order valence-electron chi connectivity index (χ3n) is 3.47. The largest absolute Gasteiger partial charge is 0.504 e. The second-order valence-electron chi connectivity index (χ2n) is 5.20. The van der Waals surface area contributed by atoms with Gasteiger partial charge in [-0.2, -0.15) is 5.10 Å². The van der Waals surface area contributed by atoms with Crippen molar-refractivity contribution < 1.29 is 19.4 Å². The summed E-state index contributed by atoms with van der Waals surface area (Å²) in [5.41, 5.74) is 3.35. The van der Waals surface area contributed by atoms with Crippen LogP contribution in [-0.4, -0.2) is 30.2 Å². The topological polar surface area (TPSA) is 100 Å². The van der Waals surface area contributed by atoms with Crippen molar-refractivity contribution in [1.82, 2.24) is 10.7 Å². The van der Waals surface area contributed by atoms with E-state index >= 15 is 0 Å². The van der Waals surface area contributed by atoms with Crippen LogP contribution in [0.2, 0.25) is 0 Å². The molecule has 0 aliphatic rings. The van der Waals surface area contributed by atoms with Crippen molar-refractivity contribution in [1.29, 1.82) is 0 Å². The van der Waals surface area contributed by atoms with Gasteiger partial charge in [0.25, 0.3) is 0 Å². The highest BCUT2D eigenvalue weighted by molar-refractivity contribution is 6.35. The summed E-state index contributed by atoms with van der Waals surface area (Å²) in [5.74, 6) is -1.53. The zero-order valence-electron chi connectivity index (χ0n) is 13.9. The fourth-order valence-corrected chi connectivity index (χ4v) is 2.11. The summed E-state index contributed by atoms with van der Waals surface area (Å²) in [4.78, 5) is 23.7. The second-order valence-corrected chi connectivity index (χ2v) is 5.20. The van der Waals surface area contributed by atoms with Crippen molar-refractivity contribution in [2.45, 2.75) is 13.0 Å². The highest BCUT2D eigenvalue weighted by atomic mass is 16.5. The van der Waals surface area contributed by atoms with E-state index in [-0.39, 0.29) is 17.5 Å². The van der Waals surface area contributed by atoms with Crippen LogP contribution in [0.5, 0.6) is 11.5 Å². The van der Waals surface area contributed by atoms with Gasteiger partial charge in [0.1, 0.15) is 0 Å². The molecule has 7 nitrogen and oxygen atoms in total. The molecule has 25 heavy (non-hydrogen) atoms. The lowest BCUT2D eigenvalue weighted by Gasteiger charge is -2.13. The summed E-state index contributed by atoms with van der Waals surface area (Å²) >= 11 is 0. The Kier molecular flexibility index (Phi) is 6.11. The normalized spacial score (nSPS) is 11.8. The van der Waals surface area contributed by atoms with Gasteiger partial charge in [-0.1, -0.05) is 36.4 Å². The van der Waals surface area contributed by atoms with Crippen molar-refractivity contribution in [2.24, 2.45) is 5.10 Å². The first-order valence-corrected chi connectivity index (χ1v) is 7.57. The number of rotatable bonds is 5. The van der Waals surface area contributed by atoms with Crippen LogP contribution in [0, 0.1) is 0 Å². The number of ether oxygens (including phenoxy) is 1. The number of benzene rings is 2. The third kappa shape index (κ3) is 4.81. The van der Waals surface area contributed by atoms with Gasteiger partial charge in [0.05, 0.1) is 19.4 Å². The Morgan fingerprint density at radius 1 is 1.12 bits per heavy atom. The SMILES string of the molecule is COc1cccc(C=NNC(=O)C(=O)N[C@H](C)c2ccccc2)c1O. The van der Waals surface area contributed by atoms with Gasteiger partial charge in [0.15, 0.2) is 11.5 Å². The van der Waals surface area contributed by atoms with Crippen molar-refractivity contribution in [3.8, 4) is 11.5 Å². The maximum Gasteiger partial charge on any atom is 0.329 e. The molecule has 2 amide bonds. The molecule has 2 aromatic rings. The van der Waals surface area contributed by atoms with Crippen LogP contribution < -0.4 is 15.5 Å². The Bertz CT molecular complexity index is 775. The van der Waals surface area contributed by atoms with E-state index in [9.17, 15) is 14.7 Å². The number of carbonyl (C=O) groups excluding carboxylic acids is 2. The molecule has 3 N–H and O–H groups in total. The van der Waals surface area contributed by atoms with Gasteiger partial charge in [0, 0.05) is 5.56 Å². The Morgan fingerprint density at radius 3 is 2.52 bits per heavy atom. The zero-order chi connectivity index (χ0) is 18.2. The first-order chi connectivity index (χ1) is 12.0. The minimum atomic E-state index is -0.901. The number of amides is 2. The van der Waals surface area contributed by atoms with Crippen LogP contribution in [0.3, 0.4) is 0 Å². The van der Waals surface area contributed by atoms with Crippen LogP contribution in [-0.2, 0) is 9.59 Å². The number of methoxy groups -OCH3 is 1. The van der Waals surface area contributed by atoms with E-state index in [2.05, 4.69) is 15.8 Å². The molecule has 0 bridgehead atoms. The molecule has 0 aliphatic heterocycles. The molecular formula is C18H19N3O4. The molecular weight excluding hydrogens is 322 g/mol. The summed E-state index contributed by atoms with van der Waals surface area (Å²) in [5, 5.41) is 16.2. The highest BCUT2D eigenvalue weighted by Crippen LogP contribution is 2.27. The van der Waals surface area contributed by atoms with Crippen molar-refractivity contribution in [2.75, 3.05) is 7.11 Å². The average Bonchev–Trinajstić information content (AvgIpc) is 2.63. The van der Waals surface area contributed by atoms with Crippen LogP contribution in [0.1, 0.15) is 24.1 Å². The van der Waals surface area contributed by atoms with E-state index in [1.165, 1.54) is 13.3 Å².